The van der Waals surface area contributed by atoms with E-state index in [0.29, 0.717) is 18.5 Å². The van der Waals surface area contributed by atoms with Crippen LogP contribution in [0.3, 0.4) is 0 Å². The molecular weight excluding hydrogens is 284 g/mol. The molecule has 0 N–H and O–H groups in total. The van der Waals surface area contributed by atoms with E-state index in [1.165, 1.54) is 15.6 Å². The number of fused-ring (bicyclic) bond motifs is 1. The van der Waals surface area contributed by atoms with Crippen molar-refractivity contribution in [1.29, 1.82) is 0 Å². The van der Waals surface area contributed by atoms with Crippen LogP contribution in [0.4, 0.5) is 6.01 Å². The van der Waals surface area contributed by atoms with Gasteiger partial charge in [0.25, 0.3) is 0 Å². The summed E-state index contributed by atoms with van der Waals surface area (Å²) >= 11 is 1.79. The van der Waals surface area contributed by atoms with Gasteiger partial charge in [0.2, 0.25) is 5.89 Å². The van der Waals surface area contributed by atoms with Crippen molar-refractivity contribution in [3.8, 4) is 0 Å². The number of rotatable bonds is 5. The van der Waals surface area contributed by atoms with E-state index in [2.05, 4.69) is 51.8 Å². The predicted molar refractivity (Wildman–Crippen MR) is 85.6 cm³/mol. The normalized spacial score (nSPS) is 11.4. The lowest BCUT2D eigenvalue weighted by molar-refractivity contribution is 0.283. The van der Waals surface area contributed by atoms with Crippen LogP contribution in [-0.2, 0) is 13.1 Å². The lowest BCUT2D eigenvalue weighted by Crippen LogP contribution is -2.17. The molecule has 0 aliphatic rings. The number of anilines is 1. The monoisotopic (exact) mass is 302 g/mol. The first-order chi connectivity index (χ1) is 10.1. The SMILES string of the molecule is CN(Cc1nnc(N(C)C)o1)Cc1csc2ccccc12. The summed E-state index contributed by atoms with van der Waals surface area (Å²) in [4.78, 5) is 3.99. The number of hydrogen-bond donors (Lipinski definition) is 0. The van der Waals surface area contributed by atoms with Gasteiger partial charge in [-0.05, 0) is 29.4 Å². The Balaban J connectivity index is 1.69. The first-order valence-corrected chi connectivity index (χ1v) is 7.65. The zero-order valence-electron chi connectivity index (χ0n) is 12.4. The molecule has 0 saturated heterocycles. The fraction of sp³-hybridized carbons (Fsp3) is 0.333. The van der Waals surface area contributed by atoms with Crippen molar-refractivity contribution in [1.82, 2.24) is 15.1 Å². The molecular formula is C15H18N4OS. The molecule has 1 aromatic carbocycles. The number of hydrogen-bond acceptors (Lipinski definition) is 6. The van der Waals surface area contributed by atoms with Crippen molar-refractivity contribution in [2.75, 3.05) is 26.0 Å². The molecule has 0 spiro atoms. The fourth-order valence-electron chi connectivity index (χ4n) is 2.22. The summed E-state index contributed by atoms with van der Waals surface area (Å²) in [7, 11) is 5.84. The highest BCUT2D eigenvalue weighted by Gasteiger charge is 2.12. The largest absolute Gasteiger partial charge is 0.407 e. The Hall–Kier alpha value is -1.92. The number of benzene rings is 1. The van der Waals surface area contributed by atoms with Crippen LogP contribution in [0.2, 0.25) is 0 Å². The molecule has 3 rings (SSSR count). The van der Waals surface area contributed by atoms with E-state index >= 15 is 0 Å². The van der Waals surface area contributed by atoms with Gasteiger partial charge in [0, 0.05) is 25.3 Å². The molecule has 21 heavy (non-hydrogen) atoms. The van der Waals surface area contributed by atoms with E-state index in [4.69, 9.17) is 4.42 Å². The first-order valence-electron chi connectivity index (χ1n) is 6.77. The second kappa shape index (κ2) is 5.83. The van der Waals surface area contributed by atoms with E-state index in [-0.39, 0.29) is 0 Å². The fourth-order valence-corrected chi connectivity index (χ4v) is 3.18. The minimum Gasteiger partial charge on any atom is -0.407 e. The molecule has 2 aromatic heterocycles. The molecule has 0 atom stereocenters. The van der Waals surface area contributed by atoms with E-state index in [9.17, 15) is 0 Å². The first kappa shape index (κ1) is 14.0. The highest BCUT2D eigenvalue weighted by molar-refractivity contribution is 7.17. The highest BCUT2D eigenvalue weighted by atomic mass is 32.1. The predicted octanol–water partition coefficient (Wildman–Crippen LogP) is 2.98. The molecule has 0 aliphatic heterocycles. The highest BCUT2D eigenvalue weighted by Crippen LogP contribution is 2.26. The van der Waals surface area contributed by atoms with Crippen LogP contribution in [0.1, 0.15) is 11.5 Å². The zero-order valence-corrected chi connectivity index (χ0v) is 13.2. The second-order valence-corrected chi connectivity index (χ2v) is 6.21. The Morgan fingerprint density at radius 3 is 2.67 bits per heavy atom. The minimum absolute atomic E-state index is 0.541. The smallest absolute Gasteiger partial charge is 0.317 e. The van der Waals surface area contributed by atoms with Gasteiger partial charge in [0.1, 0.15) is 0 Å². The molecule has 0 aliphatic carbocycles. The molecule has 6 heteroatoms. The van der Waals surface area contributed by atoms with Crippen LogP contribution in [0.5, 0.6) is 0 Å². The van der Waals surface area contributed by atoms with Gasteiger partial charge in [-0.15, -0.1) is 16.4 Å². The Bertz CT molecular complexity index is 734. The van der Waals surface area contributed by atoms with Crippen molar-refractivity contribution in [2.45, 2.75) is 13.1 Å². The van der Waals surface area contributed by atoms with E-state index in [1.54, 1.807) is 11.3 Å². The van der Waals surface area contributed by atoms with Gasteiger partial charge in [0.15, 0.2) is 0 Å². The maximum absolute atomic E-state index is 5.59. The van der Waals surface area contributed by atoms with Crippen LogP contribution in [0.25, 0.3) is 10.1 Å². The van der Waals surface area contributed by atoms with Gasteiger partial charge >= 0.3 is 6.01 Å². The van der Waals surface area contributed by atoms with Crippen molar-refractivity contribution in [2.24, 2.45) is 0 Å². The van der Waals surface area contributed by atoms with Gasteiger partial charge in [-0.3, -0.25) is 4.90 Å². The lowest BCUT2D eigenvalue weighted by Gasteiger charge is -2.13. The summed E-state index contributed by atoms with van der Waals surface area (Å²) in [5.74, 6) is 0.640. The average molecular weight is 302 g/mol. The molecule has 0 unspecified atom stereocenters. The molecule has 0 fully saturated rings. The van der Waals surface area contributed by atoms with E-state index in [0.717, 1.165) is 6.54 Å². The molecule has 110 valence electrons. The molecule has 2 heterocycles. The minimum atomic E-state index is 0.541. The maximum atomic E-state index is 5.59. The van der Waals surface area contributed by atoms with Crippen molar-refractivity contribution in [3.05, 3.63) is 41.1 Å². The number of aromatic nitrogens is 2. The molecule has 3 aromatic rings. The third-order valence-electron chi connectivity index (χ3n) is 3.25. The van der Waals surface area contributed by atoms with Gasteiger partial charge < -0.3 is 9.32 Å². The molecule has 0 radical (unpaired) electrons. The summed E-state index contributed by atoms with van der Waals surface area (Å²) in [5.41, 5.74) is 1.34. The van der Waals surface area contributed by atoms with Crippen molar-refractivity contribution in [3.63, 3.8) is 0 Å². The second-order valence-electron chi connectivity index (χ2n) is 5.30. The topological polar surface area (TPSA) is 45.4 Å². The average Bonchev–Trinajstić information content (AvgIpc) is 3.07. The third-order valence-corrected chi connectivity index (χ3v) is 4.26. The summed E-state index contributed by atoms with van der Waals surface area (Å²) in [6, 6.07) is 9.03. The van der Waals surface area contributed by atoms with E-state index in [1.807, 2.05) is 19.0 Å². The van der Waals surface area contributed by atoms with Crippen LogP contribution >= 0.6 is 11.3 Å². The van der Waals surface area contributed by atoms with Crippen molar-refractivity contribution < 1.29 is 4.42 Å². The number of nitrogens with zero attached hydrogens (tertiary/aromatic N) is 4. The summed E-state index contributed by atoms with van der Waals surface area (Å²) in [6.45, 7) is 1.51. The van der Waals surface area contributed by atoms with Gasteiger partial charge in [-0.25, -0.2) is 0 Å². The summed E-state index contributed by atoms with van der Waals surface area (Å²) in [6.07, 6.45) is 0. The molecule has 0 saturated carbocycles. The van der Waals surface area contributed by atoms with Crippen LogP contribution < -0.4 is 4.90 Å². The maximum Gasteiger partial charge on any atom is 0.317 e. The van der Waals surface area contributed by atoms with Crippen LogP contribution in [0, 0.1) is 0 Å². The van der Waals surface area contributed by atoms with Gasteiger partial charge in [0.05, 0.1) is 6.54 Å². The Labute approximate surface area is 127 Å². The Morgan fingerprint density at radius 2 is 1.90 bits per heavy atom. The van der Waals surface area contributed by atoms with Gasteiger partial charge in [-0.2, -0.15) is 0 Å². The van der Waals surface area contributed by atoms with Crippen LogP contribution in [-0.4, -0.2) is 36.2 Å². The number of thiophene rings is 1. The Morgan fingerprint density at radius 1 is 1.10 bits per heavy atom. The van der Waals surface area contributed by atoms with Gasteiger partial charge in [-0.1, -0.05) is 23.3 Å². The summed E-state index contributed by atoms with van der Waals surface area (Å²) in [5, 5.41) is 11.6. The standard InChI is InChI=1S/C15H18N4OS/c1-18(2)15-17-16-14(20-15)9-19(3)8-11-10-21-13-7-5-4-6-12(11)13/h4-7,10H,8-9H2,1-3H3. The van der Waals surface area contributed by atoms with E-state index < -0.39 is 0 Å². The summed E-state index contributed by atoms with van der Waals surface area (Å²) < 4.78 is 6.91. The molecule has 0 bridgehead atoms. The quantitative estimate of drug-likeness (QED) is 0.725. The Kier molecular flexibility index (Phi) is 3.90. The third kappa shape index (κ3) is 3.06. The lowest BCUT2D eigenvalue weighted by atomic mass is 10.2. The van der Waals surface area contributed by atoms with Crippen LogP contribution in [0.15, 0.2) is 34.1 Å². The molecule has 5 nitrogen and oxygen atoms in total. The molecule has 0 amide bonds. The zero-order chi connectivity index (χ0) is 14.8. The van der Waals surface area contributed by atoms with Crippen molar-refractivity contribution >= 4 is 27.4 Å².